The Morgan fingerprint density at radius 2 is 2.04 bits per heavy atom. The molecule has 140 valence electrons. The van der Waals surface area contributed by atoms with Crippen LogP contribution in [0, 0.1) is 0 Å². The quantitative estimate of drug-likeness (QED) is 0.573. The summed E-state index contributed by atoms with van der Waals surface area (Å²) in [5.74, 6) is 0. The van der Waals surface area contributed by atoms with Gasteiger partial charge in [0.25, 0.3) is 0 Å². The third kappa shape index (κ3) is 5.28. The molecule has 0 radical (unpaired) electrons. The molecule has 0 aliphatic rings. The summed E-state index contributed by atoms with van der Waals surface area (Å²) in [6.07, 6.45) is 7.56. The van der Waals surface area contributed by atoms with Gasteiger partial charge in [0.1, 0.15) is 0 Å². The molecule has 0 aliphatic heterocycles. The molecule has 0 fully saturated rings. The fraction of sp³-hybridized carbons (Fsp3) is 0.278. The monoisotopic (exact) mass is 395 g/mol. The lowest BCUT2D eigenvalue weighted by Crippen LogP contribution is -2.40. The summed E-state index contributed by atoms with van der Waals surface area (Å²) in [5, 5.41) is 5.01. The van der Waals surface area contributed by atoms with Gasteiger partial charge in [-0.3, -0.25) is 4.98 Å². The van der Waals surface area contributed by atoms with Crippen molar-refractivity contribution in [1.29, 1.82) is 0 Å². The van der Waals surface area contributed by atoms with Crippen molar-refractivity contribution in [2.24, 2.45) is 0 Å². The second kappa shape index (κ2) is 9.14. The Morgan fingerprint density at radius 1 is 1.19 bits per heavy atom. The van der Waals surface area contributed by atoms with E-state index >= 15 is 0 Å². The van der Waals surface area contributed by atoms with Crippen LogP contribution in [0.15, 0.2) is 64.6 Å². The van der Waals surface area contributed by atoms with E-state index in [2.05, 4.69) is 15.0 Å². The first-order chi connectivity index (χ1) is 12.0. The third-order valence-corrected chi connectivity index (χ3v) is 5.49. The van der Waals surface area contributed by atoms with Gasteiger partial charge in [0, 0.05) is 30.4 Å². The minimum Gasteiger partial charge on any atom is -0.472 e. The molecule has 3 rings (SSSR count). The molecule has 0 amide bonds. The number of nitrogens with zero attached hydrogens (tertiary/aromatic N) is 1. The van der Waals surface area contributed by atoms with Crippen molar-refractivity contribution in [2.75, 3.05) is 13.1 Å². The van der Waals surface area contributed by atoms with E-state index in [1.54, 1.807) is 49.2 Å². The highest BCUT2D eigenvalue weighted by atomic mass is 35.5. The van der Waals surface area contributed by atoms with Gasteiger partial charge >= 0.3 is 0 Å². The summed E-state index contributed by atoms with van der Waals surface area (Å²) in [7, 11) is -3.56. The molecule has 2 aromatic heterocycles. The molecular formula is C18H22ClN3O3S. The highest BCUT2D eigenvalue weighted by Crippen LogP contribution is 2.18. The molecular weight excluding hydrogens is 374 g/mol. The van der Waals surface area contributed by atoms with Crippen molar-refractivity contribution in [3.05, 3.63) is 60.8 Å². The summed E-state index contributed by atoms with van der Waals surface area (Å²) >= 11 is 0. The number of furan rings is 1. The molecule has 2 N–H and O–H groups in total. The molecule has 0 aliphatic carbocycles. The molecule has 0 saturated heterocycles. The fourth-order valence-electron chi connectivity index (χ4n) is 2.59. The third-order valence-electron chi connectivity index (χ3n) is 3.90. The van der Waals surface area contributed by atoms with Gasteiger partial charge in [-0.25, -0.2) is 13.1 Å². The highest BCUT2D eigenvalue weighted by molar-refractivity contribution is 7.89. The Hall–Kier alpha value is -1.93. The SMILES string of the molecule is CC(CNCCc1ccoc1)NS(=O)(=O)c1ccc2cnccc2c1.Cl. The van der Waals surface area contributed by atoms with E-state index in [0.717, 1.165) is 29.3 Å². The Labute approximate surface area is 159 Å². The normalized spacial score (nSPS) is 12.7. The van der Waals surface area contributed by atoms with Gasteiger partial charge in [-0.05, 0) is 55.1 Å². The van der Waals surface area contributed by atoms with E-state index in [-0.39, 0.29) is 23.3 Å². The Bertz CT molecular complexity index is 930. The Balaban J connectivity index is 0.00000243. The minimum absolute atomic E-state index is 0. The Morgan fingerprint density at radius 3 is 2.81 bits per heavy atom. The number of nitrogens with one attached hydrogen (secondary N) is 2. The van der Waals surface area contributed by atoms with Crippen molar-refractivity contribution >= 4 is 33.2 Å². The average molecular weight is 396 g/mol. The second-order valence-corrected chi connectivity index (χ2v) is 7.71. The Kier molecular flexibility index (Phi) is 7.16. The number of sulfonamides is 1. The van der Waals surface area contributed by atoms with Crippen LogP contribution >= 0.6 is 12.4 Å². The smallest absolute Gasteiger partial charge is 0.240 e. The van der Waals surface area contributed by atoms with E-state index < -0.39 is 10.0 Å². The molecule has 26 heavy (non-hydrogen) atoms. The van der Waals surface area contributed by atoms with E-state index in [0.29, 0.717) is 6.54 Å². The number of hydrogen-bond donors (Lipinski definition) is 2. The first-order valence-electron chi connectivity index (χ1n) is 8.12. The van der Waals surface area contributed by atoms with E-state index in [4.69, 9.17) is 4.42 Å². The zero-order chi connectivity index (χ0) is 17.7. The molecule has 2 heterocycles. The van der Waals surface area contributed by atoms with Crippen LogP contribution in [0.5, 0.6) is 0 Å². The van der Waals surface area contributed by atoms with Gasteiger partial charge in [-0.1, -0.05) is 6.07 Å². The second-order valence-electron chi connectivity index (χ2n) is 5.99. The van der Waals surface area contributed by atoms with Gasteiger partial charge in [0.05, 0.1) is 17.4 Å². The van der Waals surface area contributed by atoms with Crippen molar-refractivity contribution in [1.82, 2.24) is 15.0 Å². The number of aromatic nitrogens is 1. The van der Waals surface area contributed by atoms with Crippen molar-refractivity contribution in [3.63, 3.8) is 0 Å². The first kappa shape index (κ1) is 20.4. The number of rotatable bonds is 8. The molecule has 8 heteroatoms. The lowest BCUT2D eigenvalue weighted by Gasteiger charge is -2.15. The predicted molar refractivity (Wildman–Crippen MR) is 104 cm³/mol. The van der Waals surface area contributed by atoms with Gasteiger partial charge in [0.15, 0.2) is 0 Å². The van der Waals surface area contributed by atoms with Crippen LogP contribution in [0.25, 0.3) is 10.8 Å². The molecule has 0 saturated carbocycles. The van der Waals surface area contributed by atoms with Gasteiger partial charge in [-0.2, -0.15) is 0 Å². The van der Waals surface area contributed by atoms with Gasteiger partial charge in [-0.15, -0.1) is 12.4 Å². The zero-order valence-corrected chi connectivity index (χ0v) is 16.0. The maximum Gasteiger partial charge on any atom is 0.240 e. The lowest BCUT2D eigenvalue weighted by molar-refractivity contribution is 0.535. The zero-order valence-electron chi connectivity index (χ0n) is 14.4. The summed E-state index contributed by atoms with van der Waals surface area (Å²) in [4.78, 5) is 4.29. The summed E-state index contributed by atoms with van der Waals surface area (Å²) in [5.41, 5.74) is 1.12. The first-order valence-corrected chi connectivity index (χ1v) is 9.61. The van der Waals surface area contributed by atoms with Crippen molar-refractivity contribution < 1.29 is 12.8 Å². The number of benzene rings is 1. The van der Waals surface area contributed by atoms with E-state index in [1.165, 1.54) is 0 Å². The molecule has 1 atom stereocenters. The van der Waals surface area contributed by atoms with Crippen LogP contribution in [0.2, 0.25) is 0 Å². The largest absolute Gasteiger partial charge is 0.472 e. The molecule has 3 aromatic rings. The van der Waals surface area contributed by atoms with Crippen LogP contribution < -0.4 is 10.0 Å². The topological polar surface area (TPSA) is 84.2 Å². The van der Waals surface area contributed by atoms with Gasteiger partial charge < -0.3 is 9.73 Å². The molecule has 6 nitrogen and oxygen atoms in total. The standard InChI is InChI=1S/C18H21N3O3S.ClH/c1-14(11-19-7-4-15-6-9-24-13-15)21-25(22,23)18-3-2-17-12-20-8-5-16(17)10-18;/h2-3,5-6,8-10,12-14,19,21H,4,7,11H2,1H3;1H. The summed E-state index contributed by atoms with van der Waals surface area (Å²) < 4.78 is 32.8. The summed E-state index contributed by atoms with van der Waals surface area (Å²) in [6, 6.07) is 8.54. The molecule has 1 unspecified atom stereocenters. The van der Waals surface area contributed by atoms with Crippen LogP contribution in [-0.4, -0.2) is 32.5 Å². The van der Waals surface area contributed by atoms with Crippen LogP contribution in [-0.2, 0) is 16.4 Å². The van der Waals surface area contributed by atoms with Crippen molar-refractivity contribution in [2.45, 2.75) is 24.3 Å². The number of halogens is 1. The maximum atomic E-state index is 12.5. The minimum atomic E-state index is -3.56. The fourth-order valence-corrected chi connectivity index (χ4v) is 3.87. The number of fused-ring (bicyclic) bond motifs is 1. The number of hydrogen-bond acceptors (Lipinski definition) is 5. The van der Waals surface area contributed by atoms with Crippen LogP contribution in [0.4, 0.5) is 0 Å². The van der Waals surface area contributed by atoms with E-state index in [1.807, 2.05) is 13.0 Å². The molecule has 1 aromatic carbocycles. The molecule has 0 bridgehead atoms. The van der Waals surface area contributed by atoms with Crippen LogP contribution in [0.1, 0.15) is 12.5 Å². The van der Waals surface area contributed by atoms with E-state index in [9.17, 15) is 8.42 Å². The lowest BCUT2D eigenvalue weighted by atomic mass is 10.2. The van der Waals surface area contributed by atoms with Crippen LogP contribution in [0.3, 0.4) is 0 Å². The number of pyridine rings is 1. The average Bonchev–Trinajstić information content (AvgIpc) is 3.11. The maximum absolute atomic E-state index is 12.5. The predicted octanol–water partition coefficient (Wildman–Crippen LogP) is 2.75. The summed E-state index contributed by atoms with van der Waals surface area (Å²) in [6.45, 7) is 3.15. The van der Waals surface area contributed by atoms with Crippen molar-refractivity contribution in [3.8, 4) is 0 Å². The molecule has 0 spiro atoms. The highest BCUT2D eigenvalue weighted by Gasteiger charge is 2.17. The van der Waals surface area contributed by atoms with Gasteiger partial charge in [0.2, 0.25) is 10.0 Å².